The van der Waals surface area contributed by atoms with E-state index in [0.717, 1.165) is 18.2 Å². The molecule has 17 heavy (non-hydrogen) atoms. The largest absolute Gasteiger partial charge is 0.452 e. The Morgan fingerprint density at radius 3 is 2.76 bits per heavy atom. The Labute approximate surface area is 96.9 Å². The quantitative estimate of drug-likeness (QED) is 0.891. The number of pyridine rings is 1. The third kappa shape index (κ3) is 2.57. The maximum Gasteiger partial charge on any atom is 0.166 e. The van der Waals surface area contributed by atoms with Crippen LogP contribution in [0.1, 0.15) is 5.56 Å². The van der Waals surface area contributed by atoms with Crippen molar-refractivity contribution in [3.63, 3.8) is 0 Å². The van der Waals surface area contributed by atoms with Crippen LogP contribution in [0.2, 0.25) is 0 Å². The van der Waals surface area contributed by atoms with Crippen LogP contribution in [0.5, 0.6) is 11.5 Å². The molecule has 2 N–H and O–H groups in total. The van der Waals surface area contributed by atoms with Crippen LogP contribution >= 0.6 is 0 Å². The molecule has 0 amide bonds. The zero-order chi connectivity index (χ0) is 12.3. The fraction of sp³-hybridized carbons (Fsp3) is 0.0833. The summed E-state index contributed by atoms with van der Waals surface area (Å²) in [5, 5.41) is 0. The molecule has 3 nitrogen and oxygen atoms in total. The lowest BCUT2D eigenvalue weighted by atomic mass is 10.2. The molecule has 0 saturated carbocycles. The highest BCUT2D eigenvalue weighted by molar-refractivity contribution is 5.36. The van der Waals surface area contributed by atoms with E-state index in [9.17, 15) is 8.78 Å². The van der Waals surface area contributed by atoms with Gasteiger partial charge in [0, 0.05) is 24.4 Å². The molecule has 2 rings (SSSR count). The topological polar surface area (TPSA) is 48.1 Å². The summed E-state index contributed by atoms with van der Waals surface area (Å²) in [5.74, 6) is -1.08. The SMILES string of the molecule is NCc1ccncc1Oc1cc(F)ccc1F. The van der Waals surface area contributed by atoms with Gasteiger partial charge in [0.25, 0.3) is 0 Å². The second-order valence-corrected chi connectivity index (χ2v) is 3.36. The number of hydrogen-bond acceptors (Lipinski definition) is 3. The summed E-state index contributed by atoms with van der Waals surface area (Å²) >= 11 is 0. The van der Waals surface area contributed by atoms with Crippen molar-refractivity contribution in [3.8, 4) is 11.5 Å². The first-order valence-corrected chi connectivity index (χ1v) is 4.96. The minimum atomic E-state index is -0.641. The van der Waals surface area contributed by atoms with Crippen LogP contribution in [0.4, 0.5) is 8.78 Å². The van der Waals surface area contributed by atoms with Crippen molar-refractivity contribution in [2.45, 2.75) is 6.54 Å². The van der Waals surface area contributed by atoms with Crippen molar-refractivity contribution in [3.05, 3.63) is 53.9 Å². The van der Waals surface area contributed by atoms with Gasteiger partial charge in [0.15, 0.2) is 11.6 Å². The first-order chi connectivity index (χ1) is 8.20. The highest BCUT2D eigenvalue weighted by atomic mass is 19.1. The fourth-order valence-corrected chi connectivity index (χ4v) is 1.34. The molecule has 0 aliphatic heterocycles. The highest BCUT2D eigenvalue weighted by Crippen LogP contribution is 2.27. The Morgan fingerprint density at radius 1 is 1.18 bits per heavy atom. The number of hydrogen-bond donors (Lipinski definition) is 1. The van der Waals surface area contributed by atoms with Crippen molar-refractivity contribution in [2.75, 3.05) is 0 Å². The number of nitrogens with two attached hydrogens (primary N) is 1. The average Bonchev–Trinajstić information content (AvgIpc) is 2.34. The van der Waals surface area contributed by atoms with Crippen molar-refractivity contribution in [1.82, 2.24) is 4.98 Å². The molecule has 2 aromatic rings. The first kappa shape index (κ1) is 11.5. The van der Waals surface area contributed by atoms with E-state index in [2.05, 4.69) is 4.98 Å². The lowest BCUT2D eigenvalue weighted by Gasteiger charge is -2.09. The van der Waals surface area contributed by atoms with Gasteiger partial charge in [0.1, 0.15) is 11.6 Å². The Bertz CT molecular complexity index is 532. The summed E-state index contributed by atoms with van der Waals surface area (Å²) in [6.07, 6.45) is 2.96. The van der Waals surface area contributed by atoms with E-state index < -0.39 is 11.6 Å². The predicted octanol–water partition coefficient (Wildman–Crippen LogP) is 2.61. The molecule has 0 unspecified atom stereocenters. The molecular formula is C12H10F2N2O. The molecule has 0 spiro atoms. The van der Waals surface area contributed by atoms with Gasteiger partial charge in [-0.25, -0.2) is 8.78 Å². The predicted molar refractivity (Wildman–Crippen MR) is 58.6 cm³/mol. The molecule has 0 aliphatic rings. The van der Waals surface area contributed by atoms with Crippen LogP contribution in [0.15, 0.2) is 36.7 Å². The van der Waals surface area contributed by atoms with Gasteiger partial charge in [-0.2, -0.15) is 0 Å². The van der Waals surface area contributed by atoms with Crippen LogP contribution in [0.3, 0.4) is 0 Å². The monoisotopic (exact) mass is 236 g/mol. The minimum Gasteiger partial charge on any atom is -0.452 e. The van der Waals surface area contributed by atoms with Gasteiger partial charge in [-0.1, -0.05) is 0 Å². The third-order valence-electron chi connectivity index (χ3n) is 2.20. The van der Waals surface area contributed by atoms with Gasteiger partial charge < -0.3 is 10.5 Å². The van der Waals surface area contributed by atoms with Crippen molar-refractivity contribution >= 4 is 0 Å². The van der Waals surface area contributed by atoms with E-state index in [-0.39, 0.29) is 12.3 Å². The van der Waals surface area contributed by atoms with Crippen molar-refractivity contribution in [1.29, 1.82) is 0 Å². The molecule has 5 heteroatoms. The lowest BCUT2D eigenvalue weighted by molar-refractivity contribution is 0.430. The third-order valence-corrected chi connectivity index (χ3v) is 2.20. The van der Waals surface area contributed by atoms with E-state index in [1.165, 1.54) is 6.20 Å². The molecule has 1 heterocycles. The Morgan fingerprint density at radius 2 is 2.00 bits per heavy atom. The molecule has 1 aromatic carbocycles. The Balaban J connectivity index is 2.34. The summed E-state index contributed by atoms with van der Waals surface area (Å²) < 4.78 is 31.5. The minimum absolute atomic E-state index is 0.187. The first-order valence-electron chi connectivity index (χ1n) is 4.96. The Kier molecular flexibility index (Phi) is 3.30. The molecular weight excluding hydrogens is 226 g/mol. The van der Waals surface area contributed by atoms with Gasteiger partial charge in [0.2, 0.25) is 0 Å². The normalized spacial score (nSPS) is 10.3. The average molecular weight is 236 g/mol. The van der Waals surface area contributed by atoms with Crippen molar-refractivity contribution < 1.29 is 13.5 Å². The molecule has 0 aliphatic carbocycles. The molecule has 0 radical (unpaired) electrons. The number of rotatable bonds is 3. The second-order valence-electron chi connectivity index (χ2n) is 3.36. The fourth-order valence-electron chi connectivity index (χ4n) is 1.34. The van der Waals surface area contributed by atoms with E-state index >= 15 is 0 Å². The Hall–Kier alpha value is -2.01. The molecule has 88 valence electrons. The number of aromatic nitrogens is 1. The summed E-state index contributed by atoms with van der Waals surface area (Å²) in [6, 6.07) is 4.66. The number of nitrogens with zero attached hydrogens (tertiary/aromatic N) is 1. The van der Waals surface area contributed by atoms with Crippen molar-refractivity contribution in [2.24, 2.45) is 5.73 Å². The van der Waals surface area contributed by atoms with Crippen LogP contribution in [-0.2, 0) is 6.54 Å². The zero-order valence-electron chi connectivity index (χ0n) is 8.86. The maximum absolute atomic E-state index is 13.3. The molecule has 1 aromatic heterocycles. The van der Waals surface area contributed by atoms with Crippen LogP contribution in [0, 0.1) is 11.6 Å². The van der Waals surface area contributed by atoms with Gasteiger partial charge in [0.05, 0.1) is 6.20 Å². The maximum atomic E-state index is 13.3. The summed E-state index contributed by atoms with van der Waals surface area (Å²) in [4.78, 5) is 3.84. The zero-order valence-corrected chi connectivity index (χ0v) is 8.86. The summed E-state index contributed by atoms with van der Waals surface area (Å²) in [6.45, 7) is 0.231. The van der Waals surface area contributed by atoms with Gasteiger partial charge >= 0.3 is 0 Å². The van der Waals surface area contributed by atoms with Gasteiger partial charge in [-0.3, -0.25) is 4.98 Å². The molecule has 0 bridgehead atoms. The van der Waals surface area contributed by atoms with Crippen LogP contribution in [0.25, 0.3) is 0 Å². The molecule has 0 fully saturated rings. The van der Waals surface area contributed by atoms with E-state index in [1.54, 1.807) is 12.3 Å². The standard InChI is InChI=1S/C12H10F2N2O/c13-9-1-2-10(14)11(5-9)17-12-7-16-4-3-8(12)6-15/h1-5,7H,6,15H2. The summed E-state index contributed by atoms with van der Waals surface area (Å²) in [5.41, 5.74) is 6.17. The number of ether oxygens (including phenoxy) is 1. The second kappa shape index (κ2) is 4.88. The van der Waals surface area contributed by atoms with Crippen LogP contribution < -0.4 is 10.5 Å². The highest BCUT2D eigenvalue weighted by Gasteiger charge is 2.09. The van der Waals surface area contributed by atoms with E-state index in [4.69, 9.17) is 10.5 Å². The number of halogens is 2. The van der Waals surface area contributed by atoms with Gasteiger partial charge in [-0.15, -0.1) is 0 Å². The van der Waals surface area contributed by atoms with E-state index in [0.29, 0.717) is 11.3 Å². The van der Waals surface area contributed by atoms with E-state index in [1.807, 2.05) is 0 Å². The smallest absolute Gasteiger partial charge is 0.166 e. The van der Waals surface area contributed by atoms with Crippen LogP contribution in [-0.4, -0.2) is 4.98 Å². The van der Waals surface area contributed by atoms with Gasteiger partial charge in [-0.05, 0) is 18.2 Å². The number of benzene rings is 1. The summed E-state index contributed by atoms with van der Waals surface area (Å²) in [7, 11) is 0. The molecule has 0 saturated heterocycles. The molecule has 0 atom stereocenters. The lowest BCUT2D eigenvalue weighted by Crippen LogP contribution is -2.00.